The van der Waals surface area contributed by atoms with Gasteiger partial charge in [0.05, 0.1) is 0 Å². The SMILES string of the molecule is CCc1cnc(-c2nnc(C(F)F)o2)s1. The van der Waals surface area contributed by atoms with E-state index in [0.29, 0.717) is 5.01 Å². The van der Waals surface area contributed by atoms with Crippen LogP contribution in [0.15, 0.2) is 10.6 Å². The van der Waals surface area contributed by atoms with E-state index in [1.165, 1.54) is 11.3 Å². The maximum absolute atomic E-state index is 12.2. The van der Waals surface area contributed by atoms with Crippen molar-refractivity contribution in [2.24, 2.45) is 0 Å². The van der Waals surface area contributed by atoms with E-state index in [0.717, 1.165) is 11.3 Å². The molecule has 2 aromatic rings. The summed E-state index contributed by atoms with van der Waals surface area (Å²) >= 11 is 1.36. The maximum atomic E-state index is 12.2. The van der Waals surface area contributed by atoms with Gasteiger partial charge in [0.25, 0.3) is 11.8 Å². The van der Waals surface area contributed by atoms with Crippen LogP contribution in [0.5, 0.6) is 0 Å². The minimum Gasteiger partial charge on any atom is -0.413 e. The quantitative estimate of drug-likeness (QED) is 0.814. The third-order valence-electron chi connectivity index (χ3n) is 1.71. The number of aromatic nitrogens is 3. The fourth-order valence-electron chi connectivity index (χ4n) is 0.979. The molecule has 2 rings (SSSR count). The summed E-state index contributed by atoms with van der Waals surface area (Å²) in [7, 11) is 0. The molecule has 0 spiro atoms. The molecule has 0 fully saturated rings. The Hall–Kier alpha value is -1.37. The van der Waals surface area contributed by atoms with E-state index in [4.69, 9.17) is 4.42 Å². The topological polar surface area (TPSA) is 51.8 Å². The highest BCUT2D eigenvalue weighted by atomic mass is 32.1. The molecule has 0 saturated carbocycles. The predicted molar refractivity (Wildman–Crippen MR) is 49.7 cm³/mol. The molecule has 0 radical (unpaired) electrons. The lowest BCUT2D eigenvalue weighted by atomic mass is 10.4. The second-order valence-corrected chi connectivity index (χ2v) is 3.85. The van der Waals surface area contributed by atoms with Crippen LogP contribution in [0.1, 0.15) is 24.1 Å². The van der Waals surface area contributed by atoms with E-state index in [1.54, 1.807) is 6.20 Å². The van der Waals surface area contributed by atoms with Gasteiger partial charge in [-0.05, 0) is 6.42 Å². The fraction of sp³-hybridized carbons (Fsp3) is 0.375. The molecule has 7 heteroatoms. The van der Waals surface area contributed by atoms with Gasteiger partial charge < -0.3 is 4.42 Å². The largest absolute Gasteiger partial charge is 0.413 e. The summed E-state index contributed by atoms with van der Waals surface area (Å²) in [6.45, 7) is 1.98. The van der Waals surface area contributed by atoms with Gasteiger partial charge in [-0.3, -0.25) is 0 Å². The van der Waals surface area contributed by atoms with Crippen molar-refractivity contribution in [3.63, 3.8) is 0 Å². The van der Waals surface area contributed by atoms with Gasteiger partial charge in [-0.15, -0.1) is 21.5 Å². The first-order valence-corrected chi connectivity index (χ1v) is 5.09. The Morgan fingerprint density at radius 1 is 1.47 bits per heavy atom. The minimum atomic E-state index is -2.74. The molecule has 80 valence electrons. The molecule has 0 saturated heterocycles. The molecule has 0 aliphatic heterocycles. The van der Waals surface area contributed by atoms with E-state index in [-0.39, 0.29) is 5.89 Å². The number of halogens is 2. The van der Waals surface area contributed by atoms with Crippen LogP contribution >= 0.6 is 11.3 Å². The van der Waals surface area contributed by atoms with Gasteiger partial charge >= 0.3 is 6.43 Å². The Morgan fingerprint density at radius 3 is 2.80 bits per heavy atom. The van der Waals surface area contributed by atoms with Crippen molar-refractivity contribution in [1.29, 1.82) is 0 Å². The summed E-state index contributed by atoms with van der Waals surface area (Å²) in [4.78, 5) is 5.05. The van der Waals surface area contributed by atoms with Gasteiger partial charge in [0.2, 0.25) is 0 Å². The van der Waals surface area contributed by atoms with Crippen LogP contribution in [0.2, 0.25) is 0 Å². The molecule has 2 heterocycles. The summed E-state index contributed by atoms with van der Waals surface area (Å²) in [6.07, 6.45) is -0.225. The van der Waals surface area contributed by atoms with Crippen LogP contribution in [-0.4, -0.2) is 15.2 Å². The lowest BCUT2D eigenvalue weighted by Gasteiger charge is -1.87. The fourth-order valence-corrected chi connectivity index (χ4v) is 1.75. The average molecular weight is 231 g/mol. The number of rotatable bonds is 3. The molecule has 15 heavy (non-hydrogen) atoms. The number of alkyl halides is 2. The Bertz CT molecular complexity index is 454. The van der Waals surface area contributed by atoms with Gasteiger partial charge in [-0.2, -0.15) is 8.78 Å². The van der Waals surface area contributed by atoms with Crippen LogP contribution in [-0.2, 0) is 6.42 Å². The van der Waals surface area contributed by atoms with Gasteiger partial charge in [-0.25, -0.2) is 4.98 Å². The number of hydrogen-bond acceptors (Lipinski definition) is 5. The van der Waals surface area contributed by atoms with Crippen LogP contribution in [0, 0.1) is 0 Å². The van der Waals surface area contributed by atoms with Gasteiger partial charge in [0.1, 0.15) is 0 Å². The number of hydrogen-bond donors (Lipinski definition) is 0. The summed E-state index contributed by atoms with van der Waals surface area (Å²) < 4.78 is 29.1. The zero-order valence-electron chi connectivity index (χ0n) is 7.78. The summed E-state index contributed by atoms with van der Waals surface area (Å²) in [5.41, 5.74) is 0. The van der Waals surface area contributed by atoms with Crippen molar-refractivity contribution >= 4 is 11.3 Å². The smallest absolute Gasteiger partial charge is 0.314 e. The second kappa shape index (κ2) is 4.01. The highest BCUT2D eigenvalue weighted by Gasteiger charge is 2.18. The highest BCUT2D eigenvalue weighted by molar-refractivity contribution is 7.14. The lowest BCUT2D eigenvalue weighted by Crippen LogP contribution is -1.81. The molecule has 0 aliphatic rings. The normalized spacial score (nSPS) is 11.2. The maximum Gasteiger partial charge on any atom is 0.314 e. The first kappa shape index (κ1) is 10.2. The van der Waals surface area contributed by atoms with Crippen molar-refractivity contribution in [1.82, 2.24) is 15.2 Å². The van der Waals surface area contributed by atoms with Crippen molar-refractivity contribution in [3.8, 4) is 10.9 Å². The number of nitrogens with zero attached hydrogens (tertiary/aromatic N) is 3. The Labute approximate surface area is 88.0 Å². The summed E-state index contributed by atoms with van der Waals surface area (Å²) in [5.74, 6) is -0.617. The standard InChI is InChI=1S/C8H7F2N3OS/c1-2-4-3-11-8(15-4)7-13-12-6(14-7)5(9)10/h3,5H,2H2,1H3. The Balaban J connectivity index is 2.28. The van der Waals surface area contributed by atoms with Gasteiger partial charge in [0, 0.05) is 11.1 Å². The van der Waals surface area contributed by atoms with E-state index in [9.17, 15) is 8.78 Å². The lowest BCUT2D eigenvalue weighted by molar-refractivity contribution is 0.116. The summed E-state index contributed by atoms with van der Waals surface area (Å²) in [5, 5.41) is 7.21. The predicted octanol–water partition coefficient (Wildman–Crippen LogP) is 2.69. The van der Waals surface area contributed by atoms with Gasteiger partial charge in [0.15, 0.2) is 5.01 Å². The monoisotopic (exact) mass is 231 g/mol. The van der Waals surface area contributed by atoms with Gasteiger partial charge in [-0.1, -0.05) is 6.92 Å². The van der Waals surface area contributed by atoms with Crippen LogP contribution in [0.25, 0.3) is 10.9 Å². The van der Waals surface area contributed by atoms with Crippen molar-refractivity contribution in [3.05, 3.63) is 17.0 Å². The van der Waals surface area contributed by atoms with Crippen molar-refractivity contribution in [2.45, 2.75) is 19.8 Å². The van der Waals surface area contributed by atoms with E-state index >= 15 is 0 Å². The summed E-state index contributed by atoms with van der Waals surface area (Å²) in [6, 6.07) is 0. The first-order valence-electron chi connectivity index (χ1n) is 4.27. The second-order valence-electron chi connectivity index (χ2n) is 2.73. The number of aryl methyl sites for hydroxylation is 1. The average Bonchev–Trinajstić information content (AvgIpc) is 2.86. The highest BCUT2D eigenvalue weighted by Crippen LogP contribution is 2.26. The van der Waals surface area contributed by atoms with Crippen LogP contribution < -0.4 is 0 Å². The van der Waals surface area contributed by atoms with Crippen LogP contribution in [0.3, 0.4) is 0 Å². The minimum absolute atomic E-state index is 0.0509. The van der Waals surface area contributed by atoms with Crippen molar-refractivity contribution < 1.29 is 13.2 Å². The van der Waals surface area contributed by atoms with E-state index in [1.807, 2.05) is 6.92 Å². The molecule has 4 nitrogen and oxygen atoms in total. The molecular formula is C8H7F2N3OS. The molecular weight excluding hydrogens is 224 g/mol. The molecule has 0 aliphatic carbocycles. The molecule has 0 N–H and O–H groups in total. The molecule has 0 atom stereocenters. The Kier molecular flexibility index (Phi) is 2.72. The molecule has 0 unspecified atom stereocenters. The third-order valence-corrected chi connectivity index (χ3v) is 2.84. The third kappa shape index (κ3) is 2.01. The zero-order valence-corrected chi connectivity index (χ0v) is 8.59. The first-order chi connectivity index (χ1) is 7.20. The van der Waals surface area contributed by atoms with Crippen LogP contribution in [0.4, 0.5) is 8.78 Å². The van der Waals surface area contributed by atoms with E-state index in [2.05, 4.69) is 15.2 Å². The zero-order chi connectivity index (χ0) is 10.8. The molecule has 2 aromatic heterocycles. The molecule has 0 aromatic carbocycles. The van der Waals surface area contributed by atoms with E-state index < -0.39 is 12.3 Å². The van der Waals surface area contributed by atoms with Crippen molar-refractivity contribution in [2.75, 3.05) is 0 Å². The Morgan fingerprint density at radius 2 is 2.27 bits per heavy atom. The number of thiazole rings is 1. The molecule has 0 amide bonds. The molecule has 0 bridgehead atoms.